The van der Waals surface area contributed by atoms with Crippen LogP contribution >= 0.6 is 11.3 Å². The molecule has 0 unspecified atom stereocenters. The van der Waals surface area contributed by atoms with Crippen molar-refractivity contribution >= 4 is 17.0 Å². The molecule has 2 aromatic heterocycles. The first-order valence-corrected chi connectivity index (χ1v) is 7.03. The molecule has 2 rings (SSSR count). The Morgan fingerprint density at radius 3 is 2.78 bits per heavy atom. The summed E-state index contributed by atoms with van der Waals surface area (Å²) < 4.78 is 0. The Kier molecular flexibility index (Phi) is 4.33. The van der Waals surface area contributed by atoms with Crippen LogP contribution in [0.25, 0.3) is 0 Å². The average molecular weight is 261 g/mol. The maximum atomic E-state index is 5.96. The number of thiophene rings is 1. The predicted molar refractivity (Wildman–Crippen MR) is 77.9 cm³/mol. The molecule has 96 valence electrons. The number of pyridine rings is 1. The summed E-state index contributed by atoms with van der Waals surface area (Å²) in [7, 11) is 2.08. The smallest absolute Gasteiger partial charge is 0.0572 e. The van der Waals surface area contributed by atoms with Crippen LogP contribution in [0.5, 0.6) is 0 Å². The van der Waals surface area contributed by atoms with Gasteiger partial charge in [0.05, 0.1) is 24.1 Å². The van der Waals surface area contributed by atoms with Crippen LogP contribution in [-0.4, -0.2) is 12.0 Å². The van der Waals surface area contributed by atoms with Crippen LogP contribution in [0, 0.1) is 0 Å². The number of anilines is 1. The van der Waals surface area contributed by atoms with Gasteiger partial charge in [-0.3, -0.25) is 4.98 Å². The lowest BCUT2D eigenvalue weighted by atomic mass is 10.1. The number of hydrogen-bond acceptors (Lipinski definition) is 4. The highest BCUT2D eigenvalue weighted by atomic mass is 32.1. The minimum Gasteiger partial charge on any atom is -0.368 e. The summed E-state index contributed by atoms with van der Waals surface area (Å²) in [6, 6.07) is 8.38. The summed E-state index contributed by atoms with van der Waals surface area (Å²) in [6.07, 6.45) is 2.82. The van der Waals surface area contributed by atoms with E-state index in [1.165, 1.54) is 4.88 Å². The minimum atomic E-state index is 0.0432. The van der Waals surface area contributed by atoms with Crippen molar-refractivity contribution in [2.45, 2.75) is 25.9 Å². The highest BCUT2D eigenvalue weighted by Crippen LogP contribution is 2.19. The second kappa shape index (κ2) is 5.98. The summed E-state index contributed by atoms with van der Waals surface area (Å²) in [4.78, 5) is 7.98. The van der Waals surface area contributed by atoms with Crippen LogP contribution in [0.15, 0.2) is 35.8 Å². The van der Waals surface area contributed by atoms with Gasteiger partial charge in [-0.25, -0.2) is 0 Å². The van der Waals surface area contributed by atoms with E-state index < -0.39 is 0 Å². The second-order valence-electron chi connectivity index (χ2n) is 4.39. The SMILES string of the molecule is CC[C@H](N)c1ccc(N(C)Cc2cccs2)cn1. The van der Waals surface area contributed by atoms with Gasteiger partial charge < -0.3 is 10.6 Å². The van der Waals surface area contributed by atoms with E-state index in [0.717, 1.165) is 24.3 Å². The standard InChI is InChI=1S/C14H19N3S/c1-3-13(15)14-7-6-11(9-16-14)17(2)10-12-5-4-8-18-12/h4-9,13H,3,10,15H2,1-2H3/t13-/m0/s1. The van der Waals surface area contributed by atoms with Gasteiger partial charge in [0.15, 0.2) is 0 Å². The Morgan fingerprint density at radius 1 is 1.39 bits per heavy atom. The summed E-state index contributed by atoms with van der Waals surface area (Å²) in [6.45, 7) is 2.99. The van der Waals surface area contributed by atoms with Crippen molar-refractivity contribution in [2.24, 2.45) is 5.73 Å². The van der Waals surface area contributed by atoms with Crippen molar-refractivity contribution in [2.75, 3.05) is 11.9 Å². The van der Waals surface area contributed by atoms with E-state index in [2.05, 4.69) is 47.4 Å². The summed E-state index contributed by atoms with van der Waals surface area (Å²) in [5.74, 6) is 0. The van der Waals surface area contributed by atoms with E-state index in [1.54, 1.807) is 11.3 Å². The van der Waals surface area contributed by atoms with Crippen molar-refractivity contribution < 1.29 is 0 Å². The first-order chi connectivity index (χ1) is 8.70. The fourth-order valence-electron chi connectivity index (χ4n) is 1.78. The molecule has 4 heteroatoms. The molecule has 0 aliphatic heterocycles. The third-order valence-electron chi connectivity index (χ3n) is 3.00. The Balaban J connectivity index is 2.04. The van der Waals surface area contributed by atoms with E-state index in [1.807, 2.05) is 12.3 Å². The maximum Gasteiger partial charge on any atom is 0.0572 e. The largest absolute Gasteiger partial charge is 0.368 e. The van der Waals surface area contributed by atoms with Gasteiger partial charge in [-0.2, -0.15) is 0 Å². The second-order valence-corrected chi connectivity index (χ2v) is 5.42. The molecule has 0 aromatic carbocycles. The first-order valence-electron chi connectivity index (χ1n) is 6.15. The molecule has 0 aliphatic rings. The minimum absolute atomic E-state index is 0.0432. The van der Waals surface area contributed by atoms with Crippen LogP contribution in [-0.2, 0) is 6.54 Å². The third-order valence-corrected chi connectivity index (χ3v) is 3.87. The van der Waals surface area contributed by atoms with Gasteiger partial charge in [0.1, 0.15) is 0 Å². The number of nitrogens with zero attached hydrogens (tertiary/aromatic N) is 2. The highest BCUT2D eigenvalue weighted by molar-refractivity contribution is 7.09. The molecule has 0 saturated heterocycles. The molecule has 0 fully saturated rings. The lowest BCUT2D eigenvalue weighted by Gasteiger charge is -2.18. The summed E-state index contributed by atoms with van der Waals surface area (Å²) in [5, 5.41) is 2.10. The molecule has 2 N–H and O–H groups in total. The number of aromatic nitrogens is 1. The molecule has 18 heavy (non-hydrogen) atoms. The van der Waals surface area contributed by atoms with Crippen LogP contribution in [0.1, 0.15) is 30.0 Å². The fraction of sp³-hybridized carbons (Fsp3) is 0.357. The van der Waals surface area contributed by atoms with Crippen molar-refractivity contribution in [3.05, 3.63) is 46.4 Å². The van der Waals surface area contributed by atoms with Gasteiger partial charge in [-0.15, -0.1) is 11.3 Å². The van der Waals surface area contributed by atoms with Crippen molar-refractivity contribution in [3.8, 4) is 0 Å². The van der Waals surface area contributed by atoms with Gasteiger partial charge in [0, 0.05) is 18.0 Å². The van der Waals surface area contributed by atoms with E-state index in [4.69, 9.17) is 5.73 Å². The lowest BCUT2D eigenvalue weighted by molar-refractivity contribution is 0.675. The zero-order chi connectivity index (χ0) is 13.0. The predicted octanol–water partition coefficient (Wildman–Crippen LogP) is 3.19. The topological polar surface area (TPSA) is 42.1 Å². The molecule has 2 heterocycles. The fourth-order valence-corrected chi connectivity index (χ4v) is 2.54. The van der Waals surface area contributed by atoms with Gasteiger partial charge in [0.2, 0.25) is 0 Å². The molecule has 3 nitrogen and oxygen atoms in total. The molecule has 1 atom stereocenters. The molecule has 0 amide bonds. The van der Waals surface area contributed by atoms with E-state index >= 15 is 0 Å². The number of rotatable bonds is 5. The summed E-state index contributed by atoms with van der Waals surface area (Å²) in [5.41, 5.74) is 8.04. The Hall–Kier alpha value is -1.39. The van der Waals surface area contributed by atoms with Crippen LogP contribution in [0.4, 0.5) is 5.69 Å². The van der Waals surface area contributed by atoms with Crippen molar-refractivity contribution in [3.63, 3.8) is 0 Å². The molecule has 0 aliphatic carbocycles. The summed E-state index contributed by atoms with van der Waals surface area (Å²) >= 11 is 1.78. The van der Waals surface area contributed by atoms with E-state index in [9.17, 15) is 0 Å². The molecule has 2 aromatic rings. The average Bonchev–Trinajstić information content (AvgIpc) is 2.91. The normalized spacial score (nSPS) is 12.4. The van der Waals surface area contributed by atoms with E-state index in [0.29, 0.717) is 0 Å². The van der Waals surface area contributed by atoms with E-state index in [-0.39, 0.29) is 6.04 Å². The first kappa shape index (κ1) is 13.1. The zero-order valence-corrected chi connectivity index (χ0v) is 11.7. The zero-order valence-electron chi connectivity index (χ0n) is 10.8. The maximum absolute atomic E-state index is 5.96. The molecule has 0 spiro atoms. The molecule has 0 bridgehead atoms. The Bertz CT molecular complexity index is 464. The monoisotopic (exact) mass is 261 g/mol. The molecule has 0 radical (unpaired) electrons. The Labute approximate surface area is 112 Å². The van der Waals surface area contributed by atoms with Crippen molar-refractivity contribution in [1.82, 2.24) is 4.98 Å². The van der Waals surface area contributed by atoms with Crippen LogP contribution < -0.4 is 10.6 Å². The van der Waals surface area contributed by atoms with Crippen molar-refractivity contribution in [1.29, 1.82) is 0 Å². The lowest BCUT2D eigenvalue weighted by Crippen LogP contribution is -2.16. The Morgan fingerprint density at radius 2 is 2.22 bits per heavy atom. The van der Waals surface area contributed by atoms with Gasteiger partial charge >= 0.3 is 0 Å². The third kappa shape index (κ3) is 3.09. The number of hydrogen-bond donors (Lipinski definition) is 1. The van der Waals surface area contributed by atoms with Gasteiger partial charge in [-0.1, -0.05) is 13.0 Å². The van der Waals surface area contributed by atoms with Crippen LogP contribution in [0.2, 0.25) is 0 Å². The quantitative estimate of drug-likeness (QED) is 0.898. The van der Waals surface area contributed by atoms with Crippen LogP contribution in [0.3, 0.4) is 0 Å². The van der Waals surface area contributed by atoms with Gasteiger partial charge in [0.25, 0.3) is 0 Å². The highest BCUT2D eigenvalue weighted by Gasteiger charge is 2.07. The van der Waals surface area contributed by atoms with Gasteiger partial charge in [-0.05, 0) is 30.0 Å². The number of nitrogens with two attached hydrogens (primary N) is 1. The molecular formula is C14H19N3S. The molecular weight excluding hydrogens is 242 g/mol. The molecule has 0 saturated carbocycles.